The summed E-state index contributed by atoms with van der Waals surface area (Å²) in [4.78, 5) is 26.9. The first-order chi connectivity index (χ1) is 16.6. The third-order valence-corrected chi connectivity index (χ3v) is 5.79. The number of nitrogens with zero attached hydrogens (tertiary/aromatic N) is 4. The highest BCUT2D eigenvalue weighted by Crippen LogP contribution is 2.33. The molecule has 1 fully saturated rings. The number of aromatic nitrogens is 2. The predicted molar refractivity (Wildman–Crippen MR) is 135 cm³/mol. The molecule has 0 saturated carbocycles. The summed E-state index contributed by atoms with van der Waals surface area (Å²) in [5, 5.41) is 3.28. The van der Waals surface area contributed by atoms with Gasteiger partial charge in [-0.3, -0.25) is 4.79 Å². The smallest absolute Gasteiger partial charge is 0.230 e. The van der Waals surface area contributed by atoms with Crippen molar-refractivity contribution in [1.29, 1.82) is 0 Å². The van der Waals surface area contributed by atoms with E-state index in [2.05, 4.69) is 43.7 Å². The van der Waals surface area contributed by atoms with E-state index in [-0.39, 0.29) is 12.2 Å². The normalized spacial score (nSPS) is 13.1. The van der Waals surface area contributed by atoms with Crippen LogP contribution in [-0.4, -0.2) is 36.0 Å². The molecule has 0 unspecified atom stereocenters. The Hall–Kier alpha value is -4.18. The number of carbonyl (C=O) groups is 1. The van der Waals surface area contributed by atoms with Gasteiger partial charge >= 0.3 is 0 Å². The van der Waals surface area contributed by atoms with Crippen LogP contribution in [0.5, 0.6) is 5.75 Å². The van der Waals surface area contributed by atoms with Crippen LogP contribution in [0.1, 0.15) is 24.8 Å². The van der Waals surface area contributed by atoms with Crippen LogP contribution >= 0.6 is 0 Å². The van der Waals surface area contributed by atoms with Gasteiger partial charge in [0, 0.05) is 37.1 Å². The zero-order valence-corrected chi connectivity index (χ0v) is 19.3. The Morgan fingerprint density at radius 3 is 2.79 bits per heavy atom. The number of hydrogen-bond donors (Lipinski definition) is 1. The molecule has 1 aliphatic heterocycles. The van der Waals surface area contributed by atoms with Crippen LogP contribution in [0.3, 0.4) is 0 Å². The van der Waals surface area contributed by atoms with Crippen LogP contribution in [0.15, 0.2) is 61.3 Å². The van der Waals surface area contributed by atoms with Crippen molar-refractivity contribution in [2.24, 2.45) is 0 Å². The molecule has 7 heteroatoms. The first-order valence-corrected chi connectivity index (χ1v) is 11.3. The maximum absolute atomic E-state index is 11.9. The van der Waals surface area contributed by atoms with Crippen LogP contribution in [-0.2, 0) is 11.2 Å². The molecule has 1 N–H and O–H groups in total. The van der Waals surface area contributed by atoms with Gasteiger partial charge in [-0.05, 0) is 66.8 Å². The summed E-state index contributed by atoms with van der Waals surface area (Å²) in [6, 6.07) is 13.7. The molecule has 0 aliphatic carbocycles. The van der Waals surface area contributed by atoms with E-state index in [0.717, 1.165) is 24.3 Å². The molecule has 1 saturated heterocycles. The number of nitrogens with one attached hydrogen (secondary N) is 1. The van der Waals surface area contributed by atoms with Crippen molar-refractivity contribution in [3.63, 3.8) is 0 Å². The molecule has 0 bridgehead atoms. The van der Waals surface area contributed by atoms with Crippen molar-refractivity contribution in [2.45, 2.75) is 25.7 Å². The van der Waals surface area contributed by atoms with Crippen molar-refractivity contribution < 1.29 is 9.53 Å². The average molecular weight is 454 g/mol. The number of ether oxygens (including phenoxy) is 1. The maximum Gasteiger partial charge on any atom is 0.230 e. The zero-order valence-electron chi connectivity index (χ0n) is 19.3. The van der Waals surface area contributed by atoms with Gasteiger partial charge in [0.05, 0.1) is 19.4 Å². The molecule has 1 aromatic heterocycles. The van der Waals surface area contributed by atoms with E-state index in [4.69, 9.17) is 11.3 Å². The fourth-order valence-electron chi connectivity index (χ4n) is 4.08. The molecular weight excluding hydrogens is 426 g/mol. The Morgan fingerprint density at radius 1 is 1.24 bits per heavy atom. The third-order valence-electron chi connectivity index (χ3n) is 5.79. The van der Waals surface area contributed by atoms with Crippen LogP contribution in [0.25, 0.3) is 16.1 Å². The Bertz CT molecular complexity index is 1240. The molecule has 3 aromatic rings. The van der Waals surface area contributed by atoms with Crippen LogP contribution in [0.2, 0.25) is 0 Å². The number of methoxy groups -OCH3 is 1. The summed E-state index contributed by atoms with van der Waals surface area (Å²) >= 11 is 0. The van der Waals surface area contributed by atoms with Gasteiger partial charge in [0.15, 0.2) is 5.78 Å². The molecule has 172 valence electrons. The molecule has 0 radical (unpaired) electrons. The van der Waals surface area contributed by atoms with Crippen molar-refractivity contribution >= 4 is 28.8 Å². The summed E-state index contributed by atoms with van der Waals surface area (Å²) < 4.78 is 5.42. The number of benzene rings is 2. The van der Waals surface area contributed by atoms with Gasteiger partial charge in [0.2, 0.25) is 11.6 Å². The van der Waals surface area contributed by atoms with E-state index >= 15 is 0 Å². The Kier molecular flexibility index (Phi) is 7.19. The molecule has 0 spiro atoms. The number of rotatable bonds is 8. The monoisotopic (exact) mass is 453 g/mol. The first-order valence-electron chi connectivity index (χ1n) is 11.3. The number of ketones is 1. The molecule has 0 amide bonds. The van der Waals surface area contributed by atoms with Gasteiger partial charge in [-0.1, -0.05) is 18.7 Å². The summed E-state index contributed by atoms with van der Waals surface area (Å²) in [6.45, 7) is 13.3. The molecule has 1 aliphatic rings. The van der Waals surface area contributed by atoms with Crippen LogP contribution in [0, 0.1) is 6.57 Å². The third kappa shape index (κ3) is 5.41. The highest BCUT2D eigenvalue weighted by atomic mass is 16.5. The molecule has 34 heavy (non-hydrogen) atoms. The topological polar surface area (TPSA) is 71.7 Å². The predicted octanol–water partition coefficient (Wildman–Crippen LogP) is 5.73. The van der Waals surface area contributed by atoms with E-state index in [1.54, 1.807) is 19.2 Å². The van der Waals surface area contributed by atoms with Crippen LogP contribution in [0.4, 0.5) is 23.0 Å². The van der Waals surface area contributed by atoms with E-state index < -0.39 is 0 Å². The number of hydrogen-bond acceptors (Lipinski definition) is 6. The first kappa shape index (κ1) is 23.0. The number of anilines is 3. The van der Waals surface area contributed by atoms with Gasteiger partial charge in [-0.15, -0.1) is 0 Å². The average Bonchev–Trinajstić information content (AvgIpc) is 2.89. The van der Waals surface area contributed by atoms with Gasteiger partial charge < -0.3 is 15.0 Å². The minimum absolute atomic E-state index is 0.0942. The fraction of sp³-hybridized carbons (Fsp3) is 0.259. The molecule has 2 heterocycles. The van der Waals surface area contributed by atoms with E-state index in [1.807, 2.05) is 18.2 Å². The zero-order chi connectivity index (χ0) is 23.9. The second kappa shape index (κ2) is 10.6. The Morgan fingerprint density at radius 2 is 2.06 bits per heavy atom. The second-order valence-electron chi connectivity index (χ2n) is 8.18. The highest BCUT2D eigenvalue weighted by molar-refractivity contribution is 5.91. The number of carbonyl (C=O) groups excluding carboxylic acids is 1. The summed E-state index contributed by atoms with van der Waals surface area (Å²) in [6.07, 6.45) is 6.72. The number of allylic oxidation sites excluding steroid dienone is 1. The fourth-order valence-corrected chi connectivity index (χ4v) is 4.08. The lowest BCUT2D eigenvalue weighted by molar-refractivity contribution is -0.114. The van der Waals surface area contributed by atoms with Gasteiger partial charge in [0.25, 0.3) is 0 Å². The SMILES string of the molecule is [C-]#[N+]c1cnc(Nc2cccc(N3CCCCC3)c2)nc1-c1cc(CC(=O)C=C)cc(OC)c1. The standard InChI is InChI=1S/C27H27N5O2/c1-4-23(33)14-19-13-20(16-24(15-19)34-3)26-25(28-2)18-29-27(31-26)30-21-9-8-10-22(17-21)32-11-6-5-7-12-32/h4,8-10,13,15-18H,1,5-7,11-12,14H2,3H3,(H,29,30,31). The van der Waals surface area contributed by atoms with Gasteiger partial charge in [0.1, 0.15) is 5.75 Å². The quantitative estimate of drug-likeness (QED) is 0.347. The van der Waals surface area contributed by atoms with Crippen molar-refractivity contribution in [1.82, 2.24) is 9.97 Å². The van der Waals surface area contributed by atoms with Crippen LogP contribution < -0.4 is 15.0 Å². The highest BCUT2D eigenvalue weighted by Gasteiger charge is 2.15. The summed E-state index contributed by atoms with van der Waals surface area (Å²) in [5.74, 6) is 0.885. The molecule has 2 aromatic carbocycles. The Balaban J connectivity index is 1.66. The molecule has 0 atom stereocenters. The Labute approximate surface area is 199 Å². The minimum Gasteiger partial charge on any atom is -0.497 e. The lowest BCUT2D eigenvalue weighted by Crippen LogP contribution is -2.29. The second-order valence-corrected chi connectivity index (χ2v) is 8.18. The van der Waals surface area contributed by atoms with E-state index in [1.165, 1.54) is 37.2 Å². The summed E-state index contributed by atoms with van der Waals surface area (Å²) in [5.41, 5.74) is 4.30. The molecular formula is C27H27N5O2. The van der Waals surface area contributed by atoms with Gasteiger partial charge in [-0.25, -0.2) is 14.8 Å². The van der Waals surface area contributed by atoms with Crippen molar-refractivity contribution in [2.75, 3.05) is 30.4 Å². The van der Waals surface area contributed by atoms with Crippen molar-refractivity contribution in [3.8, 4) is 17.0 Å². The van der Waals surface area contributed by atoms with Crippen molar-refractivity contribution in [3.05, 3.63) is 78.3 Å². The molecule has 4 rings (SSSR count). The number of piperidine rings is 1. The lowest BCUT2D eigenvalue weighted by atomic mass is 10.0. The summed E-state index contributed by atoms with van der Waals surface area (Å²) in [7, 11) is 1.57. The molecule has 7 nitrogen and oxygen atoms in total. The minimum atomic E-state index is -0.0942. The lowest BCUT2D eigenvalue weighted by Gasteiger charge is -2.29. The largest absolute Gasteiger partial charge is 0.497 e. The van der Waals surface area contributed by atoms with E-state index in [0.29, 0.717) is 28.6 Å². The maximum atomic E-state index is 11.9. The van der Waals surface area contributed by atoms with Gasteiger partial charge in [-0.2, -0.15) is 0 Å². The van der Waals surface area contributed by atoms with E-state index in [9.17, 15) is 4.79 Å².